The first-order chi connectivity index (χ1) is 14.0. The van der Waals surface area contributed by atoms with E-state index in [-0.39, 0.29) is 0 Å². The van der Waals surface area contributed by atoms with Crippen molar-refractivity contribution in [3.05, 3.63) is 90.3 Å². The first-order valence-electron chi connectivity index (χ1n) is 8.93. The number of rotatable bonds is 7. The summed E-state index contributed by atoms with van der Waals surface area (Å²) >= 11 is 0. The number of aromatic nitrogens is 1. The number of carbonyl (C=O) groups is 2. The maximum absolute atomic E-state index is 9.10. The maximum Gasteiger partial charge on any atom is 0.414 e. The van der Waals surface area contributed by atoms with E-state index in [1.54, 1.807) is 0 Å². The van der Waals surface area contributed by atoms with E-state index in [9.17, 15) is 0 Å². The highest BCUT2D eigenvalue weighted by atomic mass is 16.5. The Morgan fingerprint density at radius 3 is 2.21 bits per heavy atom. The first kappa shape index (κ1) is 21.6. The Kier molecular flexibility index (Phi) is 8.85. The van der Waals surface area contributed by atoms with Gasteiger partial charge in [0.2, 0.25) is 0 Å². The van der Waals surface area contributed by atoms with Crippen molar-refractivity contribution >= 4 is 11.9 Å². The molecule has 0 spiro atoms. The van der Waals surface area contributed by atoms with Gasteiger partial charge in [-0.3, -0.25) is 4.98 Å². The zero-order valence-electron chi connectivity index (χ0n) is 15.7. The monoisotopic (exact) mass is 394 g/mol. The second-order valence-corrected chi connectivity index (χ2v) is 5.92. The van der Waals surface area contributed by atoms with Gasteiger partial charge < -0.3 is 20.3 Å². The summed E-state index contributed by atoms with van der Waals surface area (Å²) in [6.45, 7) is 1.72. The number of hydrogen-bond acceptors (Lipinski definition) is 5. The SMILES string of the molecule is O=C(O)C(=O)O.c1ccc(Oc2cccc(CNCCc3ccccn3)c2)cc1. The van der Waals surface area contributed by atoms with Crippen LogP contribution < -0.4 is 10.1 Å². The van der Waals surface area contributed by atoms with Gasteiger partial charge in [-0.05, 0) is 42.0 Å². The van der Waals surface area contributed by atoms with E-state index >= 15 is 0 Å². The second-order valence-electron chi connectivity index (χ2n) is 5.92. The normalized spacial score (nSPS) is 9.79. The number of para-hydroxylation sites is 1. The van der Waals surface area contributed by atoms with Crippen LogP contribution in [-0.4, -0.2) is 33.7 Å². The van der Waals surface area contributed by atoms with E-state index in [1.807, 2.05) is 60.8 Å². The molecule has 0 fully saturated rings. The maximum atomic E-state index is 9.10. The molecular formula is C22H22N2O5. The van der Waals surface area contributed by atoms with Gasteiger partial charge in [0.15, 0.2) is 0 Å². The van der Waals surface area contributed by atoms with E-state index < -0.39 is 11.9 Å². The molecular weight excluding hydrogens is 372 g/mol. The van der Waals surface area contributed by atoms with E-state index in [2.05, 4.69) is 28.5 Å². The van der Waals surface area contributed by atoms with Crippen molar-refractivity contribution in [3.63, 3.8) is 0 Å². The van der Waals surface area contributed by atoms with Crippen LogP contribution in [0.15, 0.2) is 79.0 Å². The van der Waals surface area contributed by atoms with Gasteiger partial charge in [-0.2, -0.15) is 0 Å². The van der Waals surface area contributed by atoms with E-state index in [0.717, 1.165) is 36.7 Å². The Labute approximate surface area is 168 Å². The number of carboxylic acid groups (broad SMARTS) is 2. The van der Waals surface area contributed by atoms with Crippen LogP contribution in [0.3, 0.4) is 0 Å². The quantitative estimate of drug-likeness (QED) is 0.416. The lowest BCUT2D eigenvalue weighted by molar-refractivity contribution is -0.159. The topological polar surface area (TPSA) is 109 Å². The Bertz CT molecular complexity index is 889. The van der Waals surface area contributed by atoms with Crippen molar-refractivity contribution in [2.75, 3.05) is 6.54 Å². The summed E-state index contributed by atoms with van der Waals surface area (Å²) in [4.78, 5) is 22.5. The Balaban J connectivity index is 0.000000438. The lowest BCUT2D eigenvalue weighted by Crippen LogP contribution is -2.17. The minimum Gasteiger partial charge on any atom is -0.473 e. The summed E-state index contributed by atoms with van der Waals surface area (Å²) in [5, 5.41) is 18.2. The van der Waals surface area contributed by atoms with Crippen LogP contribution in [0.4, 0.5) is 0 Å². The average molecular weight is 394 g/mol. The van der Waals surface area contributed by atoms with Gasteiger partial charge in [0.1, 0.15) is 11.5 Å². The summed E-state index contributed by atoms with van der Waals surface area (Å²) < 4.78 is 5.86. The molecule has 3 N–H and O–H groups in total. The van der Waals surface area contributed by atoms with Crippen molar-refractivity contribution in [3.8, 4) is 11.5 Å². The van der Waals surface area contributed by atoms with Gasteiger partial charge in [-0.1, -0.05) is 36.4 Å². The van der Waals surface area contributed by atoms with Crippen LogP contribution in [0.1, 0.15) is 11.3 Å². The number of nitrogens with zero attached hydrogens (tertiary/aromatic N) is 1. The molecule has 2 aromatic carbocycles. The number of pyridine rings is 1. The summed E-state index contributed by atoms with van der Waals surface area (Å²) in [5.41, 5.74) is 2.32. The van der Waals surface area contributed by atoms with Gasteiger partial charge in [0.05, 0.1) is 0 Å². The largest absolute Gasteiger partial charge is 0.473 e. The third-order valence-electron chi connectivity index (χ3n) is 3.67. The van der Waals surface area contributed by atoms with Gasteiger partial charge in [0, 0.05) is 31.4 Å². The number of ether oxygens (including phenoxy) is 1. The van der Waals surface area contributed by atoms with Crippen LogP contribution in [0.2, 0.25) is 0 Å². The number of nitrogens with one attached hydrogen (secondary N) is 1. The molecule has 29 heavy (non-hydrogen) atoms. The Hall–Kier alpha value is -3.71. The first-order valence-corrected chi connectivity index (χ1v) is 8.93. The van der Waals surface area contributed by atoms with E-state index in [0.29, 0.717) is 0 Å². The predicted molar refractivity (Wildman–Crippen MR) is 108 cm³/mol. The van der Waals surface area contributed by atoms with E-state index in [1.165, 1.54) is 5.56 Å². The molecule has 7 nitrogen and oxygen atoms in total. The Morgan fingerprint density at radius 2 is 1.55 bits per heavy atom. The van der Waals surface area contributed by atoms with Crippen molar-refractivity contribution < 1.29 is 24.5 Å². The number of carboxylic acids is 2. The van der Waals surface area contributed by atoms with E-state index in [4.69, 9.17) is 24.5 Å². The standard InChI is InChI=1S/C20H20N2O.C2H2O4/c1-2-9-19(10-3-1)23-20-11-6-7-17(15-20)16-21-14-12-18-8-4-5-13-22-18;3-1(4)2(5)6/h1-11,13,15,21H,12,14,16H2;(H,3,4)(H,5,6). The molecule has 0 aliphatic carbocycles. The lowest BCUT2D eigenvalue weighted by Gasteiger charge is -2.08. The molecule has 1 heterocycles. The highest BCUT2D eigenvalue weighted by molar-refractivity contribution is 6.27. The predicted octanol–water partition coefficient (Wildman–Crippen LogP) is 3.36. The zero-order chi connectivity index (χ0) is 20.9. The fraction of sp³-hybridized carbons (Fsp3) is 0.136. The molecule has 0 saturated heterocycles. The summed E-state index contributed by atoms with van der Waals surface area (Å²) in [5.74, 6) is -1.93. The Morgan fingerprint density at radius 1 is 0.862 bits per heavy atom. The van der Waals surface area contributed by atoms with Crippen molar-refractivity contribution in [1.29, 1.82) is 0 Å². The third-order valence-corrected chi connectivity index (χ3v) is 3.67. The molecule has 0 bridgehead atoms. The van der Waals surface area contributed by atoms with Crippen molar-refractivity contribution in [2.45, 2.75) is 13.0 Å². The molecule has 0 atom stereocenters. The second kappa shape index (κ2) is 11.9. The minimum absolute atomic E-state index is 0.818. The third kappa shape index (κ3) is 8.68. The zero-order valence-corrected chi connectivity index (χ0v) is 15.7. The molecule has 3 rings (SSSR count). The summed E-state index contributed by atoms with van der Waals surface area (Å²) in [6.07, 6.45) is 2.76. The summed E-state index contributed by atoms with van der Waals surface area (Å²) in [7, 11) is 0. The van der Waals surface area contributed by atoms with Crippen molar-refractivity contribution in [2.24, 2.45) is 0 Å². The number of benzene rings is 2. The minimum atomic E-state index is -1.82. The van der Waals surface area contributed by atoms with Crippen LogP contribution in [-0.2, 0) is 22.6 Å². The van der Waals surface area contributed by atoms with Gasteiger partial charge in [0.25, 0.3) is 0 Å². The molecule has 0 amide bonds. The van der Waals surface area contributed by atoms with Gasteiger partial charge in [-0.25, -0.2) is 9.59 Å². The van der Waals surface area contributed by atoms with Crippen LogP contribution in [0.25, 0.3) is 0 Å². The highest BCUT2D eigenvalue weighted by Gasteiger charge is 2.04. The van der Waals surface area contributed by atoms with Crippen LogP contribution in [0.5, 0.6) is 11.5 Å². The molecule has 1 aromatic heterocycles. The molecule has 0 saturated carbocycles. The fourth-order valence-corrected chi connectivity index (χ4v) is 2.34. The van der Waals surface area contributed by atoms with Crippen LogP contribution in [0, 0.1) is 0 Å². The highest BCUT2D eigenvalue weighted by Crippen LogP contribution is 2.21. The molecule has 7 heteroatoms. The molecule has 0 aliphatic rings. The number of hydrogen-bond donors (Lipinski definition) is 3. The lowest BCUT2D eigenvalue weighted by atomic mass is 10.2. The van der Waals surface area contributed by atoms with Crippen molar-refractivity contribution in [1.82, 2.24) is 10.3 Å². The average Bonchev–Trinajstić information content (AvgIpc) is 2.73. The van der Waals surface area contributed by atoms with Gasteiger partial charge >= 0.3 is 11.9 Å². The van der Waals surface area contributed by atoms with Crippen LogP contribution >= 0.6 is 0 Å². The molecule has 0 unspecified atom stereocenters. The van der Waals surface area contributed by atoms with Gasteiger partial charge in [-0.15, -0.1) is 0 Å². The molecule has 150 valence electrons. The molecule has 0 radical (unpaired) electrons. The summed E-state index contributed by atoms with van der Waals surface area (Å²) in [6, 6.07) is 24.0. The smallest absolute Gasteiger partial charge is 0.414 e. The fourth-order valence-electron chi connectivity index (χ4n) is 2.34. The molecule has 0 aliphatic heterocycles. The number of aliphatic carboxylic acids is 2. The molecule has 3 aromatic rings.